The molecule has 1 N–H and O–H groups in total. The molecule has 0 aliphatic heterocycles. The Hall–Kier alpha value is -0.550. The van der Waals surface area contributed by atoms with Gasteiger partial charge in [-0.05, 0) is 19.8 Å². The summed E-state index contributed by atoms with van der Waals surface area (Å²) in [5.74, 6) is -0.116. The monoisotopic (exact) mass is 155 g/mol. The second-order valence-electron chi connectivity index (χ2n) is 3.39. The number of aliphatic hydroxyl groups is 1. The lowest BCUT2D eigenvalue weighted by Gasteiger charge is -2.31. The summed E-state index contributed by atoms with van der Waals surface area (Å²) in [6.07, 6.45) is 0.902. The smallest absolute Gasteiger partial charge is 0.0799 e. The third kappa shape index (κ3) is 2.20. The van der Waals surface area contributed by atoms with Crippen LogP contribution in [0.2, 0.25) is 0 Å². The molecule has 0 heterocycles. The number of hydrogen-bond donors (Lipinski definition) is 1. The van der Waals surface area contributed by atoms with E-state index in [0.29, 0.717) is 0 Å². The van der Waals surface area contributed by atoms with Crippen LogP contribution in [0.5, 0.6) is 0 Å². The zero-order valence-corrected chi connectivity index (χ0v) is 7.76. The molecule has 0 bridgehead atoms. The van der Waals surface area contributed by atoms with Gasteiger partial charge in [0, 0.05) is 0 Å². The Kier molecular flexibility index (Phi) is 3.54. The fourth-order valence-corrected chi connectivity index (χ4v) is 0.971. The molecule has 0 aliphatic carbocycles. The first-order chi connectivity index (χ1) is 4.96. The summed E-state index contributed by atoms with van der Waals surface area (Å²) in [7, 11) is 0. The first-order valence-electron chi connectivity index (χ1n) is 4.08. The van der Waals surface area contributed by atoms with Crippen LogP contribution in [0.25, 0.3) is 0 Å². The summed E-state index contributed by atoms with van der Waals surface area (Å²) in [4.78, 5) is 0. The molecule has 0 aromatic rings. The molecule has 0 aromatic carbocycles. The van der Waals surface area contributed by atoms with E-state index >= 15 is 0 Å². The van der Waals surface area contributed by atoms with Gasteiger partial charge in [0.25, 0.3) is 0 Å². The van der Waals surface area contributed by atoms with Crippen molar-refractivity contribution in [1.29, 1.82) is 5.26 Å². The molecule has 0 fully saturated rings. The predicted octanol–water partition coefficient (Wildman–Crippen LogP) is 1.94. The van der Waals surface area contributed by atoms with Gasteiger partial charge in [-0.1, -0.05) is 20.3 Å². The number of rotatable bonds is 3. The van der Waals surface area contributed by atoms with Gasteiger partial charge in [0.05, 0.1) is 17.6 Å². The highest BCUT2D eigenvalue weighted by atomic mass is 16.3. The first-order valence-corrected chi connectivity index (χ1v) is 4.08. The largest absolute Gasteiger partial charge is 0.389 e. The molecule has 3 atom stereocenters. The highest BCUT2D eigenvalue weighted by molar-refractivity contribution is 4.95. The van der Waals surface area contributed by atoms with Crippen LogP contribution < -0.4 is 0 Å². The van der Waals surface area contributed by atoms with Gasteiger partial charge in [0.15, 0.2) is 0 Å². The molecule has 2 heteroatoms. The average molecular weight is 155 g/mol. The molecule has 2 nitrogen and oxygen atoms in total. The van der Waals surface area contributed by atoms with Gasteiger partial charge in [0.2, 0.25) is 0 Å². The Labute approximate surface area is 68.8 Å². The SMILES string of the molecule is CCC(C)C(C)(O)C(C)C#N. The highest BCUT2D eigenvalue weighted by Gasteiger charge is 2.33. The van der Waals surface area contributed by atoms with Crippen LogP contribution in [0.1, 0.15) is 34.1 Å². The van der Waals surface area contributed by atoms with E-state index in [4.69, 9.17) is 5.26 Å². The van der Waals surface area contributed by atoms with Gasteiger partial charge in [-0.3, -0.25) is 0 Å². The minimum absolute atomic E-state index is 0.178. The number of nitriles is 1. The quantitative estimate of drug-likeness (QED) is 0.677. The van der Waals surface area contributed by atoms with Gasteiger partial charge < -0.3 is 5.11 Å². The Bertz CT molecular complexity index is 157. The highest BCUT2D eigenvalue weighted by Crippen LogP contribution is 2.27. The van der Waals surface area contributed by atoms with Crippen molar-refractivity contribution in [3.8, 4) is 6.07 Å². The standard InChI is InChI=1S/C9H17NO/c1-5-7(2)9(4,11)8(3)6-10/h7-8,11H,5H2,1-4H3. The Balaban J connectivity index is 4.33. The third-order valence-electron chi connectivity index (χ3n) is 2.68. The van der Waals surface area contributed by atoms with Crippen molar-refractivity contribution < 1.29 is 5.11 Å². The molecule has 64 valence electrons. The number of nitrogens with zero attached hydrogens (tertiary/aromatic N) is 1. The molecule has 11 heavy (non-hydrogen) atoms. The van der Waals surface area contributed by atoms with Crippen LogP contribution in [0, 0.1) is 23.2 Å². The molecule has 0 spiro atoms. The predicted molar refractivity (Wildman–Crippen MR) is 44.9 cm³/mol. The van der Waals surface area contributed by atoms with Crippen molar-refractivity contribution in [2.45, 2.75) is 39.7 Å². The lowest BCUT2D eigenvalue weighted by molar-refractivity contribution is -0.0246. The minimum Gasteiger partial charge on any atom is -0.389 e. The van der Waals surface area contributed by atoms with E-state index < -0.39 is 5.60 Å². The summed E-state index contributed by atoms with van der Waals surface area (Å²) in [5.41, 5.74) is -0.844. The average Bonchev–Trinajstić information content (AvgIpc) is 2.01. The van der Waals surface area contributed by atoms with E-state index in [0.717, 1.165) is 6.42 Å². The zero-order chi connectivity index (χ0) is 9.07. The lowest BCUT2D eigenvalue weighted by atomic mass is 9.80. The fourth-order valence-electron chi connectivity index (χ4n) is 0.971. The topological polar surface area (TPSA) is 44.0 Å². The summed E-state index contributed by atoms with van der Waals surface area (Å²) in [6.45, 7) is 7.47. The van der Waals surface area contributed by atoms with Crippen molar-refractivity contribution in [2.24, 2.45) is 11.8 Å². The lowest BCUT2D eigenvalue weighted by Crippen LogP contribution is -2.38. The second kappa shape index (κ2) is 3.73. The molecule has 0 saturated carbocycles. The van der Waals surface area contributed by atoms with Crippen LogP contribution >= 0.6 is 0 Å². The van der Waals surface area contributed by atoms with Crippen molar-refractivity contribution in [1.82, 2.24) is 0 Å². The summed E-state index contributed by atoms with van der Waals surface area (Å²) >= 11 is 0. The first kappa shape index (κ1) is 10.4. The van der Waals surface area contributed by atoms with Crippen LogP contribution in [0.4, 0.5) is 0 Å². The van der Waals surface area contributed by atoms with Gasteiger partial charge >= 0.3 is 0 Å². The van der Waals surface area contributed by atoms with Crippen molar-refractivity contribution in [3.63, 3.8) is 0 Å². The maximum absolute atomic E-state index is 9.83. The summed E-state index contributed by atoms with van der Waals surface area (Å²) in [5, 5.41) is 18.4. The summed E-state index contributed by atoms with van der Waals surface area (Å²) in [6, 6.07) is 2.07. The number of hydrogen-bond acceptors (Lipinski definition) is 2. The van der Waals surface area contributed by atoms with E-state index in [1.54, 1.807) is 13.8 Å². The maximum atomic E-state index is 9.83. The molecule has 0 aliphatic rings. The molecule has 0 rings (SSSR count). The molecule has 0 aromatic heterocycles. The zero-order valence-electron chi connectivity index (χ0n) is 7.76. The third-order valence-corrected chi connectivity index (χ3v) is 2.68. The summed E-state index contributed by atoms with van der Waals surface area (Å²) < 4.78 is 0. The Morgan fingerprint density at radius 3 is 2.27 bits per heavy atom. The molecule has 3 unspecified atom stereocenters. The van der Waals surface area contributed by atoms with E-state index in [1.165, 1.54) is 0 Å². The molecular weight excluding hydrogens is 138 g/mol. The molecule has 0 radical (unpaired) electrons. The van der Waals surface area contributed by atoms with Crippen molar-refractivity contribution in [3.05, 3.63) is 0 Å². The van der Waals surface area contributed by atoms with Crippen molar-refractivity contribution >= 4 is 0 Å². The van der Waals surface area contributed by atoms with Gasteiger partial charge in [-0.2, -0.15) is 5.26 Å². The Morgan fingerprint density at radius 2 is 2.00 bits per heavy atom. The second-order valence-corrected chi connectivity index (χ2v) is 3.39. The normalized spacial score (nSPS) is 21.5. The van der Waals surface area contributed by atoms with Crippen molar-refractivity contribution in [2.75, 3.05) is 0 Å². The van der Waals surface area contributed by atoms with E-state index in [1.807, 2.05) is 13.8 Å². The fraction of sp³-hybridized carbons (Fsp3) is 0.889. The van der Waals surface area contributed by atoms with E-state index in [-0.39, 0.29) is 11.8 Å². The van der Waals surface area contributed by atoms with Gasteiger partial charge in [-0.25, -0.2) is 0 Å². The minimum atomic E-state index is -0.844. The van der Waals surface area contributed by atoms with E-state index in [9.17, 15) is 5.11 Å². The van der Waals surface area contributed by atoms with Gasteiger partial charge in [0.1, 0.15) is 0 Å². The van der Waals surface area contributed by atoms with E-state index in [2.05, 4.69) is 6.07 Å². The van der Waals surface area contributed by atoms with Crippen LogP contribution in [0.3, 0.4) is 0 Å². The van der Waals surface area contributed by atoms with Gasteiger partial charge in [-0.15, -0.1) is 0 Å². The van der Waals surface area contributed by atoms with Crippen LogP contribution in [0.15, 0.2) is 0 Å². The molecular formula is C9H17NO. The molecule has 0 amide bonds. The van der Waals surface area contributed by atoms with Crippen LogP contribution in [-0.2, 0) is 0 Å². The maximum Gasteiger partial charge on any atom is 0.0799 e. The Morgan fingerprint density at radius 1 is 1.55 bits per heavy atom. The molecule has 0 saturated heterocycles. The van der Waals surface area contributed by atoms with Crippen LogP contribution in [-0.4, -0.2) is 10.7 Å².